The van der Waals surface area contributed by atoms with Gasteiger partial charge in [-0.2, -0.15) is 18.2 Å². The van der Waals surface area contributed by atoms with E-state index in [4.69, 9.17) is 9.47 Å². The Hall–Kier alpha value is -3.69. The molecule has 0 N–H and O–H groups in total. The molecule has 0 amide bonds. The maximum atomic E-state index is 13.1. The zero-order valence-corrected chi connectivity index (χ0v) is 19.4. The second-order valence-electron chi connectivity index (χ2n) is 8.57. The van der Waals surface area contributed by atoms with Crippen molar-refractivity contribution in [3.8, 4) is 22.8 Å². The molecule has 0 radical (unpaired) electrons. The first-order valence-electron chi connectivity index (χ1n) is 11.3. The topological polar surface area (TPSA) is 59.8 Å². The first-order valence-corrected chi connectivity index (χ1v) is 11.3. The molecule has 3 heterocycles. The zero-order valence-electron chi connectivity index (χ0n) is 19.4. The lowest BCUT2D eigenvalue weighted by Gasteiger charge is -2.37. The third-order valence-electron chi connectivity index (χ3n) is 6.63. The van der Waals surface area contributed by atoms with Crippen molar-refractivity contribution < 1.29 is 22.6 Å². The van der Waals surface area contributed by atoms with Crippen LogP contribution in [0.5, 0.6) is 11.5 Å². The Kier molecular flexibility index (Phi) is 5.82. The first kappa shape index (κ1) is 23.1. The van der Waals surface area contributed by atoms with E-state index >= 15 is 0 Å². The summed E-state index contributed by atoms with van der Waals surface area (Å²) in [5.74, 6) is 1.79. The number of hydrogen-bond donors (Lipinski definition) is 0. The van der Waals surface area contributed by atoms with Crippen molar-refractivity contribution in [3.05, 3.63) is 64.1 Å². The van der Waals surface area contributed by atoms with Crippen LogP contribution in [0.25, 0.3) is 11.3 Å². The fourth-order valence-electron chi connectivity index (χ4n) is 4.77. The third kappa shape index (κ3) is 4.28. The van der Waals surface area contributed by atoms with Crippen LogP contribution in [0.1, 0.15) is 11.1 Å². The molecule has 0 atom stereocenters. The lowest BCUT2D eigenvalue weighted by Crippen LogP contribution is -2.47. The number of hydrogen-bond acceptors (Lipinski definition) is 6. The fraction of sp³-hybridized carbons (Fsp3) is 0.360. The Labute approximate surface area is 200 Å². The van der Waals surface area contributed by atoms with E-state index in [0.29, 0.717) is 62.1 Å². The Morgan fingerprint density at radius 2 is 1.57 bits per heavy atom. The number of halogens is 3. The summed E-state index contributed by atoms with van der Waals surface area (Å²) in [5.41, 5.74) is 2.28. The number of fused-ring (bicyclic) bond motifs is 3. The van der Waals surface area contributed by atoms with Crippen LogP contribution in [-0.2, 0) is 19.1 Å². The maximum Gasteiger partial charge on any atom is 0.416 e. The van der Waals surface area contributed by atoms with Gasteiger partial charge in [0.1, 0.15) is 5.82 Å². The summed E-state index contributed by atoms with van der Waals surface area (Å²) in [4.78, 5) is 21.1. The van der Waals surface area contributed by atoms with Crippen LogP contribution in [0.2, 0.25) is 0 Å². The minimum atomic E-state index is -4.38. The predicted octanol–water partition coefficient (Wildman–Crippen LogP) is 3.83. The smallest absolute Gasteiger partial charge is 0.416 e. The molecule has 7 nitrogen and oxygen atoms in total. The van der Waals surface area contributed by atoms with E-state index in [-0.39, 0.29) is 5.69 Å². The number of ether oxygens (including phenoxy) is 2. The van der Waals surface area contributed by atoms with E-state index in [1.54, 1.807) is 24.9 Å². The molecule has 35 heavy (non-hydrogen) atoms. The van der Waals surface area contributed by atoms with Gasteiger partial charge in [0.2, 0.25) is 0 Å². The van der Waals surface area contributed by atoms with Crippen LogP contribution < -0.4 is 25.0 Å². The Balaban J connectivity index is 1.41. The molecule has 3 aromatic rings. The zero-order chi connectivity index (χ0) is 24.7. The Morgan fingerprint density at radius 3 is 2.26 bits per heavy atom. The van der Waals surface area contributed by atoms with Crippen LogP contribution in [0.15, 0.2) is 47.3 Å². The number of nitrogens with zero attached hydrogens (tertiary/aromatic N) is 4. The molecular weight excluding hydrogens is 461 g/mol. The molecule has 0 aliphatic carbocycles. The predicted molar refractivity (Wildman–Crippen MR) is 127 cm³/mol. The number of methoxy groups -OCH3 is 2. The molecule has 2 aromatic carbocycles. The molecule has 5 rings (SSSR count). The van der Waals surface area contributed by atoms with Crippen molar-refractivity contribution >= 4 is 11.5 Å². The van der Waals surface area contributed by atoms with Crippen molar-refractivity contribution in [1.82, 2.24) is 9.55 Å². The Morgan fingerprint density at radius 1 is 0.886 bits per heavy atom. The van der Waals surface area contributed by atoms with Gasteiger partial charge in [-0.3, -0.25) is 4.57 Å². The molecule has 1 saturated heterocycles. The lowest BCUT2D eigenvalue weighted by molar-refractivity contribution is -0.137. The number of aromatic nitrogens is 2. The molecule has 184 valence electrons. The number of piperazine rings is 1. The van der Waals surface area contributed by atoms with Gasteiger partial charge in [-0.25, -0.2) is 4.79 Å². The van der Waals surface area contributed by atoms with E-state index in [1.165, 1.54) is 12.1 Å². The molecule has 1 fully saturated rings. The van der Waals surface area contributed by atoms with Crippen molar-refractivity contribution in [3.63, 3.8) is 0 Å². The average Bonchev–Trinajstić information content (AvgIpc) is 2.87. The number of aryl methyl sites for hydroxylation is 1. The second kappa shape index (κ2) is 8.83. The molecular formula is C25H25F3N4O3. The van der Waals surface area contributed by atoms with E-state index in [2.05, 4.69) is 4.98 Å². The number of benzene rings is 2. The lowest BCUT2D eigenvalue weighted by atomic mass is 9.96. The van der Waals surface area contributed by atoms with Crippen LogP contribution in [0.3, 0.4) is 0 Å². The van der Waals surface area contributed by atoms with Gasteiger partial charge < -0.3 is 19.3 Å². The number of rotatable bonds is 4. The highest BCUT2D eigenvalue weighted by molar-refractivity contribution is 5.72. The molecule has 2 aliphatic rings. The van der Waals surface area contributed by atoms with Gasteiger partial charge >= 0.3 is 11.9 Å². The van der Waals surface area contributed by atoms with Gasteiger partial charge in [0, 0.05) is 50.0 Å². The van der Waals surface area contributed by atoms with Crippen LogP contribution in [-0.4, -0.2) is 49.9 Å². The second-order valence-corrected chi connectivity index (χ2v) is 8.57. The quantitative estimate of drug-likeness (QED) is 0.559. The normalized spacial score (nSPS) is 15.5. The van der Waals surface area contributed by atoms with Gasteiger partial charge in [-0.1, -0.05) is 6.07 Å². The highest BCUT2D eigenvalue weighted by Crippen LogP contribution is 2.38. The molecule has 1 aromatic heterocycles. The first-order chi connectivity index (χ1) is 16.8. The van der Waals surface area contributed by atoms with Crippen molar-refractivity contribution in [2.75, 3.05) is 50.2 Å². The number of alkyl halides is 3. The fourth-order valence-corrected chi connectivity index (χ4v) is 4.77. The largest absolute Gasteiger partial charge is 0.493 e. The summed E-state index contributed by atoms with van der Waals surface area (Å²) in [6.45, 7) is 2.62. The molecule has 10 heteroatoms. The van der Waals surface area contributed by atoms with E-state index in [0.717, 1.165) is 22.9 Å². The third-order valence-corrected chi connectivity index (χ3v) is 6.63. The summed E-state index contributed by atoms with van der Waals surface area (Å²) >= 11 is 0. The monoisotopic (exact) mass is 486 g/mol. The average molecular weight is 486 g/mol. The standard InChI is InChI=1S/C25H25F3N4O3/c1-34-21-12-16-6-7-32-20(19(16)14-22(21)35-2)15-23(29-24(32)33)31-10-8-30(9-11-31)18-5-3-4-17(13-18)25(26,27)28/h3-5,12-15H,6-11H2,1-2H3. The van der Waals surface area contributed by atoms with Crippen molar-refractivity contribution in [1.29, 1.82) is 0 Å². The van der Waals surface area contributed by atoms with E-state index < -0.39 is 11.7 Å². The van der Waals surface area contributed by atoms with E-state index in [1.807, 2.05) is 28.0 Å². The maximum absolute atomic E-state index is 13.1. The molecule has 0 spiro atoms. The van der Waals surface area contributed by atoms with Gasteiger partial charge in [-0.05, 0) is 42.3 Å². The highest BCUT2D eigenvalue weighted by atomic mass is 19.4. The molecule has 0 saturated carbocycles. The van der Waals surface area contributed by atoms with Crippen molar-refractivity contribution in [2.24, 2.45) is 0 Å². The summed E-state index contributed by atoms with van der Waals surface area (Å²) in [6.07, 6.45) is -3.70. The minimum Gasteiger partial charge on any atom is -0.493 e. The van der Waals surface area contributed by atoms with Gasteiger partial charge in [0.25, 0.3) is 0 Å². The SMILES string of the molecule is COc1cc2c(cc1OC)-c1cc(N3CCN(c4cccc(C(F)(F)F)c4)CC3)nc(=O)n1CC2. The van der Waals surface area contributed by atoms with Gasteiger partial charge in [0.15, 0.2) is 11.5 Å². The van der Waals surface area contributed by atoms with Crippen LogP contribution in [0, 0.1) is 0 Å². The molecule has 2 aliphatic heterocycles. The van der Waals surface area contributed by atoms with E-state index in [9.17, 15) is 18.0 Å². The molecule has 0 unspecified atom stereocenters. The minimum absolute atomic E-state index is 0.321. The van der Waals surface area contributed by atoms with Crippen LogP contribution >= 0.6 is 0 Å². The highest BCUT2D eigenvalue weighted by Gasteiger charge is 2.31. The summed E-state index contributed by atoms with van der Waals surface area (Å²) in [7, 11) is 3.16. The summed E-state index contributed by atoms with van der Waals surface area (Å²) in [5, 5.41) is 0. The summed E-state index contributed by atoms with van der Waals surface area (Å²) in [6, 6.07) is 11.1. The summed E-state index contributed by atoms with van der Waals surface area (Å²) < 4.78 is 51.9. The number of anilines is 2. The Bertz CT molecular complexity index is 1310. The molecule has 0 bridgehead atoms. The van der Waals surface area contributed by atoms with Gasteiger partial charge in [0.05, 0.1) is 25.5 Å². The van der Waals surface area contributed by atoms with Gasteiger partial charge in [-0.15, -0.1) is 0 Å². The van der Waals surface area contributed by atoms with Crippen molar-refractivity contribution in [2.45, 2.75) is 19.1 Å². The van der Waals surface area contributed by atoms with Crippen LogP contribution in [0.4, 0.5) is 24.7 Å².